The van der Waals surface area contributed by atoms with Crippen molar-refractivity contribution in [3.63, 3.8) is 0 Å². The normalized spacial score (nSPS) is 42.5. The minimum atomic E-state index is -0.660. The molecule has 4 nitrogen and oxygen atoms in total. The Morgan fingerprint density at radius 1 is 1.54 bits per heavy atom. The summed E-state index contributed by atoms with van der Waals surface area (Å²) in [6.45, 7) is 2.41. The zero-order valence-corrected chi connectivity index (χ0v) is 7.69. The minimum Gasteiger partial charge on any atom is -0.481 e. The molecule has 0 amide bonds. The average molecular weight is 185 g/mol. The van der Waals surface area contributed by atoms with Gasteiger partial charge in [0.25, 0.3) is 0 Å². The van der Waals surface area contributed by atoms with Gasteiger partial charge in [0.1, 0.15) is 0 Å². The van der Waals surface area contributed by atoms with Crippen LogP contribution in [0.4, 0.5) is 0 Å². The molecule has 1 aliphatic heterocycles. The van der Waals surface area contributed by atoms with E-state index in [2.05, 4.69) is 5.32 Å². The number of ether oxygens (including phenoxy) is 1. The molecule has 4 atom stereocenters. The predicted molar refractivity (Wildman–Crippen MR) is 46.3 cm³/mol. The molecule has 13 heavy (non-hydrogen) atoms. The van der Waals surface area contributed by atoms with Crippen molar-refractivity contribution < 1.29 is 14.6 Å². The van der Waals surface area contributed by atoms with Crippen molar-refractivity contribution in [3.8, 4) is 0 Å². The van der Waals surface area contributed by atoms with Crippen molar-refractivity contribution in [3.05, 3.63) is 0 Å². The molecular formula is C9H15NO3. The molecule has 0 spiro atoms. The minimum absolute atomic E-state index is 0.181. The third kappa shape index (κ3) is 1.25. The molecule has 1 heterocycles. The van der Waals surface area contributed by atoms with Gasteiger partial charge in [0, 0.05) is 13.0 Å². The first kappa shape index (κ1) is 8.97. The Hall–Kier alpha value is -0.610. The standard InChI is InChI=1S/C9H15NO3/c1-13-4-7-5-2-10-3-6(5)8(7)9(11)12/h5-8,10H,2-4H2,1H3,(H,11,12)/t5-,6+,7+,8-/m1/s1. The van der Waals surface area contributed by atoms with E-state index in [-0.39, 0.29) is 11.8 Å². The second-order valence-electron chi connectivity index (χ2n) is 3.97. The Kier molecular flexibility index (Phi) is 2.26. The molecule has 0 bridgehead atoms. The zero-order valence-electron chi connectivity index (χ0n) is 7.69. The molecular weight excluding hydrogens is 170 g/mol. The Morgan fingerprint density at radius 2 is 2.23 bits per heavy atom. The molecule has 1 saturated carbocycles. The van der Waals surface area contributed by atoms with Gasteiger partial charge in [-0.1, -0.05) is 0 Å². The van der Waals surface area contributed by atoms with E-state index in [1.807, 2.05) is 0 Å². The van der Waals surface area contributed by atoms with E-state index in [4.69, 9.17) is 9.84 Å². The summed E-state index contributed by atoms with van der Waals surface area (Å²) in [4.78, 5) is 10.9. The fourth-order valence-electron chi connectivity index (χ4n) is 2.81. The molecule has 0 unspecified atom stereocenters. The number of hydrogen-bond donors (Lipinski definition) is 2. The molecule has 0 aromatic heterocycles. The number of nitrogens with one attached hydrogen (secondary N) is 1. The largest absolute Gasteiger partial charge is 0.481 e. The molecule has 0 radical (unpaired) electrons. The van der Waals surface area contributed by atoms with Crippen LogP contribution >= 0.6 is 0 Å². The van der Waals surface area contributed by atoms with E-state index < -0.39 is 5.97 Å². The van der Waals surface area contributed by atoms with E-state index in [9.17, 15) is 4.79 Å². The molecule has 2 aliphatic rings. The summed E-state index contributed by atoms with van der Waals surface area (Å²) in [5, 5.41) is 12.2. The summed E-state index contributed by atoms with van der Waals surface area (Å²) in [5.74, 6) is 0.258. The Morgan fingerprint density at radius 3 is 2.85 bits per heavy atom. The van der Waals surface area contributed by atoms with E-state index in [0.717, 1.165) is 13.1 Å². The highest BCUT2D eigenvalue weighted by atomic mass is 16.5. The molecule has 74 valence electrons. The summed E-state index contributed by atoms with van der Waals surface area (Å²) in [7, 11) is 1.63. The van der Waals surface area contributed by atoms with Crippen LogP contribution in [-0.4, -0.2) is 37.9 Å². The number of fused-ring (bicyclic) bond motifs is 1. The van der Waals surface area contributed by atoms with E-state index >= 15 is 0 Å². The van der Waals surface area contributed by atoms with E-state index in [0.29, 0.717) is 18.4 Å². The van der Waals surface area contributed by atoms with Crippen LogP contribution in [0.2, 0.25) is 0 Å². The fourth-order valence-corrected chi connectivity index (χ4v) is 2.81. The van der Waals surface area contributed by atoms with Gasteiger partial charge < -0.3 is 15.2 Å². The van der Waals surface area contributed by atoms with E-state index in [1.165, 1.54) is 0 Å². The Bertz CT molecular complexity index is 219. The van der Waals surface area contributed by atoms with Gasteiger partial charge in [-0.05, 0) is 24.9 Å². The molecule has 4 heteroatoms. The maximum absolute atomic E-state index is 10.9. The maximum atomic E-state index is 10.9. The molecule has 2 N–H and O–H groups in total. The second kappa shape index (κ2) is 3.27. The van der Waals surface area contributed by atoms with Crippen molar-refractivity contribution in [1.82, 2.24) is 5.32 Å². The van der Waals surface area contributed by atoms with Gasteiger partial charge in [-0.2, -0.15) is 0 Å². The molecule has 2 fully saturated rings. The predicted octanol–water partition coefficient (Wildman–Crippen LogP) is -0.201. The van der Waals surface area contributed by atoms with Crippen LogP contribution in [0.1, 0.15) is 0 Å². The van der Waals surface area contributed by atoms with Gasteiger partial charge in [-0.25, -0.2) is 0 Å². The van der Waals surface area contributed by atoms with Crippen molar-refractivity contribution in [2.75, 3.05) is 26.8 Å². The lowest BCUT2D eigenvalue weighted by atomic mass is 9.58. The highest BCUT2D eigenvalue weighted by molar-refractivity contribution is 5.72. The first-order valence-corrected chi connectivity index (χ1v) is 4.68. The summed E-state index contributed by atoms with van der Waals surface area (Å²) in [6, 6.07) is 0. The summed E-state index contributed by atoms with van der Waals surface area (Å²) in [6.07, 6.45) is 0. The fraction of sp³-hybridized carbons (Fsp3) is 0.889. The number of carboxylic acid groups (broad SMARTS) is 1. The van der Waals surface area contributed by atoms with Crippen molar-refractivity contribution in [2.45, 2.75) is 0 Å². The maximum Gasteiger partial charge on any atom is 0.307 e. The summed E-state index contributed by atoms with van der Waals surface area (Å²) in [5.41, 5.74) is 0. The van der Waals surface area contributed by atoms with Gasteiger partial charge in [0.15, 0.2) is 0 Å². The molecule has 0 aromatic rings. The number of methoxy groups -OCH3 is 1. The number of carbonyl (C=O) groups is 1. The summed E-state index contributed by atoms with van der Waals surface area (Å²) >= 11 is 0. The van der Waals surface area contributed by atoms with Crippen LogP contribution in [-0.2, 0) is 9.53 Å². The van der Waals surface area contributed by atoms with Crippen LogP contribution in [0.3, 0.4) is 0 Å². The topological polar surface area (TPSA) is 58.6 Å². The van der Waals surface area contributed by atoms with Gasteiger partial charge in [0.05, 0.1) is 12.5 Å². The van der Waals surface area contributed by atoms with Crippen LogP contribution in [0.15, 0.2) is 0 Å². The first-order valence-electron chi connectivity index (χ1n) is 4.68. The van der Waals surface area contributed by atoms with Crippen molar-refractivity contribution in [2.24, 2.45) is 23.7 Å². The number of hydrogen-bond acceptors (Lipinski definition) is 3. The highest BCUT2D eigenvalue weighted by Crippen LogP contribution is 2.48. The molecule has 2 rings (SSSR count). The average Bonchev–Trinajstić information content (AvgIpc) is 2.44. The van der Waals surface area contributed by atoms with E-state index in [1.54, 1.807) is 7.11 Å². The molecule has 1 saturated heterocycles. The SMILES string of the molecule is COC[C@H]1[C@@H]2CNC[C@@H]2[C@H]1C(=O)O. The van der Waals surface area contributed by atoms with Crippen LogP contribution in [0, 0.1) is 23.7 Å². The Balaban J connectivity index is 2.03. The zero-order chi connectivity index (χ0) is 9.42. The van der Waals surface area contributed by atoms with Crippen LogP contribution in [0.5, 0.6) is 0 Å². The Labute approximate surface area is 77.3 Å². The molecule has 1 aliphatic carbocycles. The number of carboxylic acids is 1. The van der Waals surface area contributed by atoms with Crippen molar-refractivity contribution in [1.29, 1.82) is 0 Å². The van der Waals surface area contributed by atoms with Gasteiger partial charge in [-0.3, -0.25) is 4.79 Å². The summed E-state index contributed by atoms with van der Waals surface area (Å²) < 4.78 is 5.04. The van der Waals surface area contributed by atoms with Gasteiger partial charge >= 0.3 is 5.97 Å². The lowest BCUT2D eigenvalue weighted by Crippen LogP contribution is -2.51. The third-order valence-electron chi connectivity index (χ3n) is 3.43. The van der Waals surface area contributed by atoms with Gasteiger partial charge in [-0.15, -0.1) is 0 Å². The van der Waals surface area contributed by atoms with Crippen LogP contribution < -0.4 is 5.32 Å². The smallest absolute Gasteiger partial charge is 0.307 e. The third-order valence-corrected chi connectivity index (χ3v) is 3.43. The molecule has 0 aromatic carbocycles. The van der Waals surface area contributed by atoms with Crippen LogP contribution in [0.25, 0.3) is 0 Å². The first-order chi connectivity index (χ1) is 6.25. The number of rotatable bonds is 3. The second-order valence-corrected chi connectivity index (χ2v) is 3.97. The van der Waals surface area contributed by atoms with Gasteiger partial charge in [0.2, 0.25) is 0 Å². The highest BCUT2D eigenvalue weighted by Gasteiger charge is 2.55. The monoisotopic (exact) mass is 185 g/mol. The quantitative estimate of drug-likeness (QED) is 0.639. The number of aliphatic carboxylic acids is 1. The lowest BCUT2D eigenvalue weighted by molar-refractivity contribution is -0.159. The lowest BCUT2D eigenvalue weighted by Gasteiger charge is -2.45. The van der Waals surface area contributed by atoms with Crippen molar-refractivity contribution >= 4 is 5.97 Å².